The third-order valence-electron chi connectivity index (χ3n) is 3.16. The highest BCUT2D eigenvalue weighted by Crippen LogP contribution is 2.20. The second-order valence-corrected chi connectivity index (χ2v) is 6.82. The summed E-state index contributed by atoms with van der Waals surface area (Å²) in [6, 6.07) is 18.2. The smallest absolute Gasteiger partial charge is 0.230 e. The molecule has 2 nitrogen and oxygen atoms in total. The van der Waals surface area contributed by atoms with E-state index in [9.17, 15) is 4.79 Å². The molecule has 1 N–H and O–H groups in total. The average molecular weight is 364 g/mol. The zero-order valence-electron chi connectivity index (χ0n) is 11.9. The Morgan fingerprint density at radius 3 is 2.48 bits per heavy atom. The van der Waals surface area contributed by atoms with E-state index in [1.54, 1.807) is 11.8 Å². The maximum atomic E-state index is 11.9. The van der Waals surface area contributed by atoms with Crippen molar-refractivity contribution in [1.29, 1.82) is 0 Å². The van der Waals surface area contributed by atoms with Crippen LogP contribution in [0.5, 0.6) is 0 Å². The van der Waals surface area contributed by atoms with E-state index >= 15 is 0 Å². The van der Waals surface area contributed by atoms with Gasteiger partial charge in [-0.2, -0.15) is 0 Å². The van der Waals surface area contributed by atoms with Crippen LogP contribution in [-0.4, -0.2) is 18.2 Å². The molecule has 0 radical (unpaired) electrons. The summed E-state index contributed by atoms with van der Waals surface area (Å²) in [5.41, 5.74) is 1.25. The molecule has 4 heteroatoms. The van der Waals surface area contributed by atoms with Crippen LogP contribution in [0.25, 0.3) is 0 Å². The fourth-order valence-electron chi connectivity index (χ4n) is 1.90. The Labute approximate surface area is 138 Å². The summed E-state index contributed by atoms with van der Waals surface area (Å²) >= 11 is 4.95. The molecular formula is C17H18BrNOS. The first-order valence-electron chi connectivity index (χ1n) is 6.85. The van der Waals surface area contributed by atoms with Gasteiger partial charge in [-0.1, -0.05) is 53.2 Å². The maximum absolute atomic E-state index is 11.9. The van der Waals surface area contributed by atoms with Crippen molar-refractivity contribution in [2.24, 2.45) is 0 Å². The van der Waals surface area contributed by atoms with Crippen LogP contribution in [0.2, 0.25) is 0 Å². The number of carbonyl (C=O) groups is 1. The molecule has 0 aliphatic rings. The first-order chi connectivity index (χ1) is 10.1. The van der Waals surface area contributed by atoms with Crippen molar-refractivity contribution in [2.45, 2.75) is 17.7 Å². The zero-order chi connectivity index (χ0) is 15.1. The van der Waals surface area contributed by atoms with Gasteiger partial charge in [0.15, 0.2) is 0 Å². The molecule has 110 valence electrons. The molecule has 0 spiro atoms. The third kappa shape index (κ3) is 5.56. The zero-order valence-corrected chi connectivity index (χ0v) is 14.3. The van der Waals surface area contributed by atoms with Gasteiger partial charge in [0.25, 0.3) is 0 Å². The molecular weight excluding hydrogens is 346 g/mol. The summed E-state index contributed by atoms with van der Waals surface area (Å²) in [7, 11) is 0. The quantitative estimate of drug-likeness (QED) is 0.767. The van der Waals surface area contributed by atoms with Gasteiger partial charge in [0, 0.05) is 15.9 Å². The predicted octanol–water partition coefficient (Wildman–Crippen LogP) is 4.46. The van der Waals surface area contributed by atoms with Crippen LogP contribution >= 0.6 is 27.7 Å². The Bertz CT molecular complexity index is 571. The highest BCUT2D eigenvalue weighted by Gasteiger charge is 2.07. The first-order valence-corrected chi connectivity index (χ1v) is 8.63. The topological polar surface area (TPSA) is 29.1 Å². The van der Waals surface area contributed by atoms with Crippen molar-refractivity contribution >= 4 is 33.6 Å². The summed E-state index contributed by atoms with van der Waals surface area (Å²) < 4.78 is 1.05. The van der Waals surface area contributed by atoms with Crippen molar-refractivity contribution < 1.29 is 4.79 Å². The van der Waals surface area contributed by atoms with E-state index in [2.05, 4.69) is 40.3 Å². The number of carbonyl (C=O) groups excluding carboxylic acids is 1. The summed E-state index contributed by atoms with van der Waals surface area (Å²) in [4.78, 5) is 13.0. The fraction of sp³-hybridized carbons (Fsp3) is 0.235. The number of rotatable bonds is 6. The highest BCUT2D eigenvalue weighted by atomic mass is 79.9. The van der Waals surface area contributed by atoms with E-state index in [4.69, 9.17) is 0 Å². The normalized spacial score (nSPS) is 11.9. The molecule has 0 bridgehead atoms. The molecule has 0 aliphatic carbocycles. The predicted molar refractivity (Wildman–Crippen MR) is 92.7 cm³/mol. The van der Waals surface area contributed by atoms with Crippen LogP contribution in [0.3, 0.4) is 0 Å². The summed E-state index contributed by atoms with van der Waals surface area (Å²) in [5, 5.41) is 2.99. The molecule has 0 saturated heterocycles. The van der Waals surface area contributed by atoms with Gasteiger partial charge in [-0.3, -0.25) is 4.79 Å². The van der Waals surface area contributed by atoms with Gasteiger partial charge in [-0.25, -0.2) is 0 Å². The summed E-state index contributed by atoms with van der Waals surface area (Å²) in [6.07, 6.45) is 0. The van der Waals surface area contributed by atoms with Crippen LogP contribution in [0.4, 0.5) is 0 Å². The van der Waals surface area contributed by atoms with Crippen LogP contribution < -0.4 is 5.32 Å². The van der Waals surface area contributed by atoms with Crippen molar-refractivity contribution in [3.63, 3.8) is 0 Å². The maximum Gasteiger partial charge on any atom is 0.230 e. The Kier molecular flexibility index (Phi) is 6.33. The largest absolute Gasteiger partial charge is 0.355 e. The summed E-state index contributed by atoms with van der Waals surface area (Å²) in [6.45, 7) is 2.79. The monoisotopic (exact) mass is 363 g/mol. The highest BCUT2D eigenvalue weighted by molar-refractivity contribution is 9.10. The van der Waals surface area contributed by atoms with Gasteiger partial charge in [0.05, 0.1) is 5.75 Å². The molecule has 0 unspecified atom stereocenters. The Morgan fingerprint density at radius 1 is 1.14 bits per heavy atom. The third-order valence-corrected chi connectivity index (χ3v) is 4.70. The van der Waals surface area contributed by atoms with E-state index < -0.39 is 0 Å². The van der Waals surface area contributed by atoms with Crippen LogP contribution in [0.1, 0.15) is 18.4 Å². The Morgan fingerprint density at radius 2 is 1.81 bits per heavy atom. The van der Waals surface area contributed by atoms with Crippen LogP contribution in [-0.2, 0) is 4.79 Å². The van der Waals surface area contributed by atoms with Gasteiger partial charge in [0.2, 0.25) is 5.91 Å². The second-order valence-electron chi connectivity index (χ2n) is 4.86. The van der Waals surface area contributed by atoms with Crippen molar-refractivity contribution in [3.8, 4) is 0 Å². The molecule has 0 fully saturated rings. The number of thioether (sulfide) groups is 1. The van der Waals surface area contributed by atoms with Gasteiger partial charge in [-0.15, -0.1) is 11.8 Å². The molecule has 21 heavy (non-hydrogen) atoms. The van der Waals surface area contributed by atoms with Gasteiger partial charge < -0.3 is 5.32 Å². The molecule has 2 aromatic rings. The lowest BCUT2D eigenvalue weighted by molar-refractivity contribution is -0.118. The average Bonchev–Trinajstić information content (AvgIpc) is 2.53. The minimum Gasteiger partial charge on any atom is -0.355 e. The molecule has 0 saturated carbocycles. The van der Waals surface area contributed by atoms with Crippen molar-refractivity contribution in [1.82, 2.24) is 5.32 Å². The SMILES string of the molecule is C[C@H](CNC(=O)CSc1ccc(Br)cc1)c1ccccc1. The molecule has 1 atom stereocenters. The van der Waals surface area contributed by atoms with Gasteiger partial charge in [0.1, 0.15) is 0 Å². The molecule has 2 aromatic carbocycles. The van der Waals surface area contributed by atoms with Crippen molar-refractivity contribution in [3.05, 3.63) is 64.6 Å². The number of nitrogens with one attached hydrogen (secondary N) is 1. The second kappa shape index (κ2) is 8.25. The number of hydrogen-bond acceptors (Lipinski definition) is 2. The number of hydrogen-bond donors (Lipinski definition) is 1. The fourth-order valence-corrected chi connectivity index (χ4v) is 2.89. The standard InChI is InChI=1S/C17H18BrNOS/c1-13(14-5-3-2-4-6-14)11-19-17(20)12-21-16-9-7-15(18)8-10-16/h2-10,13H,11-12H2,1H3,(H,19,20)/t13-/m1/s1. The first kappa shape index (κ1) is 16.1. The summed E-state index contributed by atoms with van der Waals surface area (Å²) in [5.74, 6) is 0.849. The van der Waals surface area contributed by atoms with E-state index in [0.29, 0.717) is 18.2 Å². The molecule has 0 aromatic heterocycles. The lowest BCUT2D eigenvalue weighted by Gasteiger charge is -2.13. The number of benzene rings is 2. The van der Waals surface area contributed by atoms with E-state index in [-0.39, 0.29) is 5.91 Å². The molecule has 2 rings (SSSR count). The van der Waals surface area contributed by atoms with Gasteiger partial charge in [-0.05, 0) is 35.7 Å². The Hall–Kier alpha value is -1.26. The lowest BCUT2D eigenvalue weighted by Crippen LogP contribution is -2.28. The van der Waals surface area contributed by atoms with E-state index in [1.807, 2.05) is 42.5 Å². The minimum absolute atomic E-state index is 0.0747. The molecule has 0 heterocycles. The van der Waals surface area contributed by atoms with Crippen LogP contribution in [0, 0.1) is 0 Å². The lowest BCUT2D eigenvalue weighted by atomic mass is 10.0. The minimum atomic E-state index is 0.0747. The molecule has 1 amide bonds. The molecule has 0 aliphatic heterocycles. The van der Waals surface area contributed by atoms with E-state index in [1.165, 1.54) is 5.56 Å². The van der Waals surface area contributed by atoms with Gasteiger partial charge >= 0.3 is 0 Å². The van der Waals surface area contributed by atoms with E-state index in [0.717, 1.165) is 9.37 Å². The Balaban J connectivity index is 1.73. The number of amides is 1. The number of halogens is 1. The van der Waals surface area contributed by atoms with Crippen LogP contribution in [0.15, 0.2) is 64.0 Å². The van der Waals surface area contributed by atoms with Crippen molar-refractivity contribution in [2.75, 3.05) is 12.3 Å².